The van der Waals surface area contributed by atoms with E-state index in [1.165, 1.54) is 5.56 Å². The predicted octanol–water partition coefficient (Wildman–Crippen LogP) is 4.14. The van der Waals surface area contributed by atoms with Crippen molar-refractivity contribution >= 4 is 0 Å². The largest absolute Gasteiger partial charge is 0.494 e. The molecule has 0 aliphatic heterocycles. The number of nitrogens with one attached hydrogen (secondary N) is 1. The van der Waals surface area contributed by atoms with E-state index in [2.05, 4.69) is 57.3 Å². The summed E-state index contributed by atoms with van der Waals surface area (Å²) in [5, 5.41) is 3.24. The lowest BCUT2D eigenvalue weighted by atomic mass is 9.82. The van der Waals surface area contributed by atoms with E-state index in [4.69, 9.17) is 4.74 Å². The van der Waals surface area contributed by atoms with Crippen molar-refractivity contribution in [3.8, 4) is 5.75 Å². The Balaban J connectivity index is 2.41. The van der Waals surface area contributed by atoms with Crippen LogP contribution in [0.3, 0.4) is 0 Å². The topological polar surface area (TPSA) is 21.3 Å². The average molecular weight is 263 g/mol. The molecular weight excluding hydrogens is 234 g/mol. The van der Waals surface area contributed by atoms with E-state index in [9.17, 15) is 0 Å². The Morgan fingerprint density at radius 3 is 2.37 bits per heavy atom. The monoisotopic (exact) mass is 263 g/mol. The summed E-state index contributed by atoms with van der Waals surface area (Å²) in [7, 11) is 2.00. The van der Waals surface area contributed by atoms with Gasteiger partial charge in [0.1, 0.15) is 5.75 Å². The summed E-state index contributed by atoms with van der Waals surface area (Å²) in [6.07, 6.45) is 3.39. The van der Waals surface area contributed by atoms with Gasteiger partial charge in [0.2, 0.25) is 0 Å². The Morgan fingerprint density at radius 1 is 1.21 bits per heavy atom. The minimum Gasteiger partial charge on any atom is -0.494 e. The first kappa shape index (κ1) is 16.0. The van der Waals surface area contributed by atoms with E-state index >= 15 is 0 Å². The Kier molecular flexibility index (Phi) is 6.36. The second kappa shape index (κ2) is 7.54. The first-order chi connectivity index (χ1) is 8.99. The lowest BCUT2D eigenvalue weighted by molar-refractivity contribution is 0.299. The molecule has 0 aromatic heterocycles. The number of hydrogen-bond donors (Lipinski definition) is 1. The third kappa shape index (κ3) is 5.23. The van der Waals surface area contributed by atoms with Crippen LogP contribution >= 0.6 is 0 Å². The van der Waals surface area contributed by atoms with Crippen LogP contribution in [0.4, 0.5) is 0 Å². The maximum absolute atomic E-state index is 5.77. The zero-order valence-electron chi connectivity index (χ0n) is 13.1. The zero-order chi connectivity index (χ0) is 14.3. The van der Waals surface area contributed by atoms with Crippen molar-refractivity contribution in [2.75, 3.05) is 13.7 Å². The van der Waals surface area contributed by atoms with Gasteiger partial charge in [0, 0.05) is 6.04 Å². The molecule has 1 N–H and O–H groups in total. The Hall–Kier alpha value is -1.02. The van der Waals surface area contributed by atoms with Crippen LogP contribution in [0, 0.1) is 0 Å². The smallest absolute Gasteiger partial charge is 0.119 e. The summed E-state index contributed by atoms with van der Waals surface area (Å²) in [5.74, 6) is 0.979. The van der Waals surface area contributed by atoms with E-state index in [0.29, 0.717) is 6.04 Å². The Morgan fingerprint density at radius 2 is 1.84 bits per heavy atom. The number of benzene rings is 1. The van der Waals surface area contributed by atoms with Gasteiger partial charge >= 0.3 is 0 Å². The summed E-state index contributed by atoms with van der Waals surface area (Å²) < 4.78 is 5.77. The fourth-order valence-electron chi connectivity index (χ4n) is 1.93. The molecule has 0 radical (unpaired) electrons. The van der Waals surface area contributed by atoms with Gasteiger partial charge in [-0.1, -0.05) is 32.9 Å². The fourth-order valence-corrected chi connectivity index (χ4v) is 1.93. The van der Waals surface area contributed by atoms with Crippen molar-refractivity contribution < 1.29 is 4.74 Å². The average Bonchev–Trinajstić information content (AvgIpc) is 2.43. The molecule has 19 heavy (non-hydrogen) atoms. The van der Waals surface area contributed by atoms with Crippen LogP contribution in [0.25, 0.3) is 0 Å². The van der Waals surface area contributed by atoms with E-state index in [-0.39, 0.29) is 5.41 Å². The van der Waals surface area contributed by atoms with Gasteiger partial charge in [0.05, 0.1) is 6.61 Å². The van der Waals surface area contributed by atoms with Crippen LogP contribution in [0.5, 0.6) is 5.75 Å². The SMILES string of the molecule is CCC(C)(C)c1ccc(OCCCC(C)NC)cc1. The van der Waals surface area contributed by atoms with Crippen molar-refractivity contribution in [2.24, 2.45) is 0 Å². The first-order valence-electron chi connectivity index (χ1n) is 7.40. The molecule has 0 fully saturated rings. The molecule has 0 amide bonds. The van der Waals surface area contributed by atoms with Gasteiger partial charge in [-0.25, -0.2) is 0 Å². The summed E-state index contributed by atoms with van der Waals surface area (Å²) in [5.41, 5.74) is 1.63. The zero-order valence-corrected chi connectivity index (χ0v) is 13.1. The van der Waals surface area contributed by atoms with Crippen molar-refractivity contribution in [2.45, 2.75) is 58.4 Å². The Labute approximate surface area is 118 Å². The van der Waals surface area contributed by atoms with Crippen molar-refractivity contribution in [1.29, 1.82) is 0 Å². The predicted molar refractivity (Wildman–Crippen MR) is 83.0 cm³/mol. The van der Waals surface area contributed by atoms with Crippen LogP contribution in [-0.2, 0) is 5.41 Å². The molecule has 0 heterocycles. The van der Waals surface area contributed by atoms with Gasteiger partial charge in [-0.15, -0.1) is 0 Å². The summed E-state index contributed by atoms with van der Waals surface area (Å²) in [6, 6.07) is 9.13. The molecule has 0 spiro atoms. The molecule has 108 valence electrons. The van der Waals surface area contributed by atoms with Crippen LogP contribution in [0.15, 0.2) is 24.3 Å². The third-order valence-corrected chi connectivity index (χ3v) is 4.06. The highest BCUT2D eigenvalue weighted by atomic mass is 16.5. The molecule has 2 nitrogen and oxygen atoms in total. The molecule has 1 rings (SSSR count). The molecule has 0 saturated heterocycles. The van der Waals surface area contributed by atoms with Crippen LogP contribution in [-0.4, -0.2) is 19.7 Å². The van der Waals surface area contributed by atoms with Crippen molar-refractivity contribution in [3.05, 3.63) is 29.8 Å². The molecule has 1 aromatic rings. The lowest BCUT2D eigenvalue weighted by Gasteiger charge is -2.23. The van der Waals surface area contributed by atoms with Gasteiger partial charge in [-0.3, -0.25) is 0 Å². The van der Waals surface area contributed by atoms with Crippen molar-refractivity contribution in [1.82, 2.24) is 5.32 Å². The minimum atomic E-state index is 0.251. The van der Waals surface area contributed by atoms with E-state index in [0.717, 1.165) is 31.6 Å². The minimum absolute atomic E-state index is 0.251. The molecule has 0 aliphatic carbocycles. The third-order valence-electron chi connectivity index (χ3n) is 4.06. The molecular formula is C17H29NO. The van der Waals surface area contributed by atoms with Gasteiger partial charge in [-0.2, -0.15) is 0 Å². The Bertz CT molecular complexity index is 356. The molecule has 1 unspecified atom stereocenters. The molecule has 1 aromatic carbocycles. The number of rotatable bonds is 8. The summed E-state index contributed by atoms with van der Waals surface area (Å²) in [6.45, 7) is 9.78. The van der Waals surface area contributed by atoms with Gasteiger partial charge in [0.15, 0.2) is 0 Å². The first-order valence-corrected chi connectivity index (χ1v) is 7.40. The van der Waals surface area contributed by atoms with Crippen molar-refractivity contribution in [3.63, 3.8) is 0 Å². The molecule has 0 bridgehead atoms. The van der Waals surface area contributed by atoms with Gasteiger partial charge in [0.25, 0.3) is 0 Å². The van der Waals surface area contributed by atoms with E-state index in [1.54, 1.807) is 0 Å². The highest BCUT2D eigenvalue weighted by Gasteiger charge is 2.17. The summed E-state index contributed by atoms with van der Waals surface area (Å²) >= 11 is 0. The normalized spacial score (nSPS) is 13.3. The molecule has 0 aliphatic rings. The number of hydrogen-bond acceptors (Lipinski definition) is 2. The quantitative estimate of drug-likeness (QED) is 0.712. The second-order valence-electron chi connectivity index (χ2n) is 5.94. The molecule has 1 atom stereocenters. The highest BCUT2D eigenvalue weighted by molar-refractivity contribution is 5.31. The highest BCUT2D eigenvalue weighted by Crippen LogP contribution is 2.28. The second-order valence-corrected chi connectivity index (χ2v) is 5.94. The number of ether oxygens (including phenoxy) is 1. The van der Waals surface area contributed by atoms with Crippen LogP contribution in [0.1, 0.15) is 52.5 Å². The maximum Gasteiger partial charge on any atom is 0.119 e. The maximum atomic E-state index is 5.77. The van der Waals surface area contributed by atoms with E-state index < -0.39 is 0 Å². The van der Waals surface area contributed by atoms with Crippen LogP contribution in [0.2, 0.25) is 0 Å². The molecule has 2 heteroatoms. The fraction of sp³-hybridized carbons (Fsp3) is 0.647. The van der Waals surface area contributed by atoms with Gasteiger partial charge in [-0.05, 0) is 56.3 Å². The lowest BCUT2D eigenvalue weighted by Crippen LogP contribution is -2.21. The van der Waals surface area contributed by atoms with Crippen LogP contribution < -0.4 is 10.1 Å². The van der Waals surface area contributed by atoms with Gasteiger partial charge < -0.3 is 10.1 Å². The summed E-state index contributed by atoms with van der Waals surface area (Å²) in [4.78, 5) is 0. The molecule has 0 saturated carbocycles. The standard InChI is InChI=1S/C17H29NO/c1-6-17(3,4)15-9-11-16(12-10-15)19-13-7-8-14(2)18-5/h9-12,14,18H,6-8,13H2,1-5H3. The van der Waals surface area contributed by atoms with E-state index in [1.807, 2.05) is 7.05 Å².